The molecule has 1 aliphatic rings. The Morgan fingerprint density at radius 2 is 1.82 bits per heavy atom. The van der Waals surface area contributed by atoms with Crippen LogP contribution in [-0.4, -0.2) is 50.3 Å². The van der Waals surface area contributed by atoms with Crippen molar-refractivity contribution in [1.29, 1.82) is 0 Å². The summed E-state index contributed by atoms with van der Waals surface area (Å²) in [6, 6.07) is 17.4. The number of hydrogen-bond acceptors (Lipinski definition) is 6. The molecule has 2 aromatic heterocycles. The van der Waals surface area contributed by atoms with Crippen LogP contribution in [-0.2, 0) is 6.54 Å². The molecule has 2 aromatic carbocycles. The first-order valence-electron chi connectivity index (χ1n) is 11.5. The number of methoxy groups -OCH3 is 1. The average molecular weight is 445 g/mol. The van der Waals surface area contributed by atoms with Gasteiger partial charge in [-0.3, -0.25) is 9.69 Å². The molecule has 3 heterocycles. The van der Waals surface area contributed by atoms with E-state index < -0.39 is 0 Å². The Morgan fingerprint density at radius 1 is 1.03 bits per heavy atom. The maximum Gasteiger partial charge on any atom is 0.253 e. The van der Waals surface area contributed by atoms with Crippen molar-refractivity contribution in [3.05, 3.63) is 81.9 Å². The summed E-state index contributed by atoms with van der Waals surface area (Å²) < 4.78 is 7.22. The molecule has 0 bridgehead atoms. The highest BCUT2D eigenvalue weighted by Gasteiger charge is 2.30. The number of aromatic nitrogens is 5. The molecule has 1 atom stereocenters. The van der Waals surface area contributed by atoms with Gasteiger partial charge in [0.25, 0.3) is 5.56 Å². The number of fused-ring (bicyclic) bond motifs is 1. The van der Waals surface area contributed by atoms with Crippen LogP contribution in [0, 0.1) is 0 Å². The van der Waals surface area contributed by atoms with Crippen LogP contribution in [0.1, 0.15) is 48.7 Å². The molecule has 0 amide bonds. The van der Waals surface area contributed by atoms with E-state index in [2.05, 4.69) is 37.5 Å². The van der Waals surface area contributed by atoms with Crippen LogP contribution < -0.4 is 10.3 Å². The number of hydrogen-bond donors (Lipinski definition) is 1. The standard InChI is InChI=1S/C25H28N6O2/c1-33-20-11-12-22-19(15-20)16-21(25(32)26-22)23(30-13-7-2-3-8-14-30)24-27-28-29-31(24)17-18-9-5-4-6-10-18/h4-6,9-12,15-16,23H,2-3,7-8,13-14,17H2,1H3,(H,26,32)/t23-/m1/s1. The summed E-state index contributed by atoms with van der Waals surface area (Å²) in [5, 5.41) is 13.7. The Morgan fingerprint density at radius 3 is 2.58 bits per heavy atom. The first kappa shape index (κ1) is 21.3. The lowest BCUT2D eigenvalue weighted by molar-refractivity contribution is 0.220. The third-order valence-corrected chi connectivity index (χ3v) is 6.36. The summed E-state index contributed by atoms with van der Waals surface area (Å²) >= 11 is 0. The molecule has 0 radical (unpaired) electrons. The number of ether oxygens (including phenoxy) is 1. The predicted octanol–water partition coefficient (Wildman–Crippen LogP) is 3.54. The number of benzene rings is 2. The van der Waals surface area contributed by atoms with Gasteiger partial charge in [-0.15, -0.1) is 5.10 Å². The molecule has 0 saturated carbocycles. The van der Waals surface area contributed by atoms with Gasteiger partial charge in [0, 0.05) is 16.5 Å². The van der Waals surface area contributed by atoms with Gasteiger partial charge in [-0.05, 0) is 66.2 Å². The monoisotopic (exact) mass is 444 g/mol. The largest absolute Gasteiger partial charge is 0.497 e. The van der Waals surface area contributed by atoms with E-state index in [-0.39, 0.29) is 11.6 Å². The second-order valence-corrected chi connectivity index (χ2v) is 8.54. The van der Waals surface area contributed by atoms with Gasteiger partial charge >= 0.3 is 0 Å². The molecule has 170 valence electrons. The van der Waals surface area contributed by atoms with Crippen molar-refractivity contribution < 1.29 is 4.74 Å². The minimum atomic E-state index is -0.332. The summed E-state index contributed by atoms with van der Waals surface area (Å²) in [7, 11) is 1.64. The SMILES string of the molecule is COc1ccc2[nH]c(=O)c([C@H](c3nnnn3Cc3ccccc3)N3CCCCCC3)cc2c1. The van der Waals surface area contributed by atoms with Crippen LogP contribution in [0.15, 0.2) is 59.4 Å². The van der Waals surface area contributed by atoms with Gasteiger partial charge in [0.1, 0.15) is 11.8 Å². The number of H-pyrrole nitrogens is 1. The lowest BCUT2D eigenvalue weighted by Gasteiger charge is -2.29. The normalized spacial score (nSPS) is 15.9. The quantitative estimate of drug-likeness (QED) is 0.489. The highest BCUT2D eigenvalue weighted by molar-refractivity contribution is 5.80. The zero-order valence-corrected chi connectivity index (χ0v) is 18.8. The van der Waals surface area contributed by atoms with Crippen LogP contribution >= 0.6 is 0 Å². The van der Waals surface area contributed by atoms with Crippen LogP contribution in [0.2, 0.25) is 0 Å². The van der Waals surface area contributed by atoms with Gasteiger partial charge in [0.15, 0.2) is 5.82 Å². The zero-order valence-electron chi connectivity index (χ0n) is 18.8. The average Bonchev–Trinajstić information content (AvgIpc) is 3.11. The Balaban J connectivity index is 1.63. The van der Waals surface area contributed by atoms with Gasteiger partial charge in [0.2, 0.25) is 0 Å². The fraction of sp³-hybridized carbons (Fsp3) is 0.360. The molecule has 33 heavy (non-hydrogen) atoms. The molecule has 0 spiro atoms. The van der Waals surface area contributed by atoms with E-state index in [9.17, 15) is 4.79 Å². The molecule has 1 N–H and O–H groups in total. The van der Waals surface area contributed by atoms with Crippen LogP contribution in [0.25, 0.3) is 10.9 Å². The van der Waals surface area contributed by atoms with Crippen LogP contribution in [0.3, 0.4) is 0 Å². The first-order valence-corrected chi connectivity index (χ1v) is 11.5. The van der Waals surface area contributed by atoms with Gasteiger partial charge < -0.3 is 9.72 Å². The maximum atomic E-state index is 13.3. The molecular formula is C25H28N6O2. The van der Waals surface area contributed by atoms with Crippen molar-refractivity contribution in [2.45, 2.75) is 38.3 Å². The Hall–Kier alpha value is -3.52. The van der Waals surface area contributed by atoms with Crippen LogP contribution in [0.4, 0.5) is 0 Å². The van der Waals surface area contributed by atoms with Crippen molar-refractivity contribution >= 4 is 10.9 Å². The third kappa shape index (κ3) is 4.52. The fourth-order valence-corrected chi connectivity index (χ4v) is 4.66. The third-order valence-electron chi connectivity index (χ3n) is 6.36. The van der Waals surface area contributed by atoms with Crippen molar-refractivity contribution in [2.24, 2.45) is 0 Å². The Kier molecular flexibility index (Phi) is 6.17. The van der Waals surface area contributed by atoms with Crippen molar-refractivity contribution in [3.8, 4) is 5.75 Å². The molecule has 0 unspecified atom stereocenters. The summed E-state index contributed by atoms with van der Waals surface area (Å²) in [5.74, 6) is 1.44. The van der Waals surface area contributed by atoms with Crippen LogP contribution in [0.5, 0.6) is 5.75 Å². The molecule has 1 fully saturated rings. The summed E-state index contributed by atoms with van der Waals surface area (Å²) in [4.78, 5) is 18.7. The first-order chi connectivity index (χ1) is 16.2. The minimum Gasteiger partial charge on any atom is -0.497 e. The number of nitrogens with zero attached hydrogens (tertiary/aromatic N) is 5. The van der Waals surface area contributed by atoms with E-state index in [1.54, 1.807) is 7.11 Å². The molecule has 8 nitrogen and oxygen atoms in total. The molecular weight excluding hydrogens is 416 g/mol. The molecule has 1 aliphatic heterocycles. The van der Waals surface area contributed by atoms with E-state index in [1.165, 1.54) is 12.8 Å². The van der Waals surface area contributed by atoms with E-state index in [0.717, 1.165) is 48.1 Å². The summed E-state index contributed by atoms with van der Waals surface area (Å²) in [6.07, 6.45) is 4.58. The van der Waals surface area contributed by atoms with E-state index >= 15 is 0 Å². The minimum absolute atomic E-state index is 0.115. The van der Waals surface area contributed by atoms with E-state index in [1.807, 2.05) is 47.1 Å². The Bertz CT molecular complexity index is 1280. The summed E-state index contributed by atoms with van der Waals surface area (Å²) in [5.41, 5.74) is 2.43. The van der Waals surface area contributed by atoms with Gasteiger partial charge in [-0.2, -0.15) is 0 Å². The molecule has 0 aliphatic carbocycles. The summed E-state index contributed by atoms with van der Waals surface area (Å²) in [6.45, 7) is 2.35. The number of pyridine rings is 1. The second kappa shape index (κ2) is 9.54. The fourth-order valence-electron chi connectivity index (χ4n) is 4.66. The smallest absolute Gasteiger partial charge is 0.253 e. The number of aromatic amines is 1. The predicted molar refractivity (Wildman–Crippen MR) is 126 cm³/mol. The molecule has 5 rings (SSSR count). The maximum absolute atomic E-state index is 13.3. The van der Waals surface area contributed by atoms with E-state index in [4.69, 9.17) is 4.74 Å². The topological polar surface area (TPSA) is 88.9 Å². The van der Waals surface area contributed by atoms with Gasteiger partial charge in [0.05, 0.1) is 13.7 Å². The van der Waals surface area contributed by atoms with Crippen molar-refractivity contribution in [3.63, 3.8) is 0 Å². The number of likely N-dealkylation sites (tertiary alicyclic amines) is 1. The Labute approximate surface area is 192 Å². The number of nitrogens with one attached hydrogen (secondary N) is 1. The second-order valence-electron chi connectivity index (χ2n) is 8.54. The number of tetrazole rings is 1. The zero-order chi connectivity index (χ0) is 22.6. The lowest BCUT2D eigenvalue weighted by atomic mass is 10.0. The van der Waals surface area contributed by atoms with Gasteiger partial charge in [-0.1, -0.05) is 43.2 Å². The number of rotatable bonds is 6. The highest BCUT2D eigenvalue weighted by atomic mass is 16.5. The van der Waals surface area contributed by atoms with Gasteiger partial charge in [-0.25, -0.2) is 4.68 Å². The van der Waals surface area contributed by atoms with Crippen molar-refractivity contribution in [1.82, 2.24) is 30.1 Å². The highest BCUT2D eigenvalue weighted by Crippen LogP contribution is 2.30. The van der Waals surface area contributed by atoms with Crippen molar-refractivity contribution in [2.75, 3.05) is 20.2 Å². The molecule has 8 heteroatoms. The molecule has 1 saturated heterocycles. The molecule has 4 aromatic rings. The lowest BCUT2D eigenvalue weighted by Crippen LogP contribution is -2.36. The van der Waals surface area contributed by atoms with E-state index in [0.29, 0.717) is 17.9 Å².